The third-order valence-corrected chi connectivity index (χ3v) is 6.78. The van der Waals surface area contributed by atoms with Gasteiger partial charge in [0, 0.05) is 43.9 Å². The summed E-state index contributed by atoms with van der Waals surface area (Å²) in [6.45, 7) is 3.08. The molecule has 0 aliphatic carbocycles. The molecule has 1 amide bonds. The van der Waals surface area contributed by atoms with Crippen LogP contribution in [0.3, 0.4) is 0 Å². The van der Waals surface area contributed by atoms with E-state index in [1.807, 2.05) is 36.4 Å². The van der Waals surface area contributed by atoms with Crippen molar-refractivity contribution in [3.63, 3.8) is 0 Å². The molecule has 2 N–H and O–H groups in total. The van der Waals surface area contributed by atoms with Crippen molar-refractivity contribution in [3.8, 4) is 5.75 Å². The van der Waals surface area contributed by atoms with Crippen LogP contribution in [0.1, 0.15) is 43.2 Å². The van der Waals surface area contributed by atoms with Gasteiger partial charge < -0.3 is 29.6 Å². The lowest BCUT2D eigenvalue weighted by Gasteiger charge is -2.30. The monoisotopic (exact) mass is 491 g/mol. The van der Waals surface area contributed by atoms with Gasteiger partial charge in [0.2, 0.25) is 5.91 Å². The predicted molar refractivity (Wildman–Crippen MR) is 139 cm³/mol. The maximum absolute atomic E-state index is 11.8. The Morgan fingerprint density at radius 2 is 2.17 bits per heavy atom. The van der Waals surface area contributed by atoms with Crippen LogP contribution in [0.4, 0.5) is 11.4 Å². The van der Waals surface area contributed by atoms with Crippen molar-refractivity contribution in [2.45, 2.75) is 44.5 Å². The molecule has 182 valence electrons. The van der Waals surface area contributed by atoms with Gasteiger partial charge in [0.15, 0.2) is 5.11 Å². The molecule has 2 aromatic heterocycles. The number of methoxy groups -OCH3 is 1. The Labute approximate surface area is 210 Å². The van der Waals surface area contributed by atoms with E-state index in [1.165, 1.54) is 6.92 Å². The summed E-state index contributed by atoms with van der Waals surface area (Å²) in [5.74, 6) is 0.414. The van der Waals surface area contributed by atoms with Crippen molar-refractivity contribution in [1.82, 2.24) is 14.9 Å². The number of benzene rings is 1. The molecule has 3 atom stereocenters. The molecular weight excluding hydrogens is 462 g/mol. The number of nitrogens with one attached hydrogen (secondary N) is 2. The summed E-state index contributed by atoms with van der Waals surface area (Å²) in [6, 6.07) is 15.5. The van der Waals surface area contributed by atoms with Crippen LogP contribution in [0.5, 0.6) is 5.75 Å². The van der Waals surface area contributed by atoms with Gasteiger partial charge in [0.05, 0.1) is 30.6 Å². The van der Waals surface area contributed by atoms with E-state index in [2.05, 4.69) is 43.4 Å². The molecule has 4 heterocycles. The summed E-state index contributed by atoms with van der Waals surface area (Å²) >= 11 is 5.86. The standard InChI is InChI=1S/C26H29N5O3S/c1-17(32)28-21-15-18(10-11-23(21)33-2)31-25(24(29-26(31)35)20-8-3-4-12-27-20)22-9-5-13-30(22)16-19-7-6-14-34-19/h3-5,8-13,15,19,24-25H,6-7,14,16H2,1-2H3,(H,28,32)(H,29,35)/t19-,24+,25+/m0/s1. The molecule has 0 spiro atoms. The van der Waals surface area contributed by atoms with Gasteiger partial charge in [-0.3, -0.25) is 9.78 Å². The highest BCUT2D eigenvalue weighted by Gasteiger charge is 2.42. The summed E-state index contributed by atoms with van der Waals surface area (Å²) in [7, 11) is 1.58. The number of pyridine rings is 1. The Morgan fingerprint density at radius 3 is 2.89 bits per heavy atom. The zero-order valence-electron chi connectivity index (χ0n) is 19.8. The fourth-order valence-corrected chi connectivity index (χ4v) is 5.28. The molecule has 2 fully saturated rings. The lowest BCUT2D eigenvalue weighted by Crippen LogP contribution is -2.31. The number of carbonyl (C=O) groups excluding carboxylic acids is 1. The van der Waals surface area contributed by atoms with Crippen LogP contribution in [0.2, 0.25) is 0 Å². The fourth-order valence-electron chi connectivity index (χ4n) is 4.94. The van der Waals surface area contributed by atoms with Gasteiger partial charge >= 0.3 is 0 Å². The lowest BCUT2D eigenvalue weighted by atomic mass is 10.0. The number of hydrogen-bond acceptors (Lipinski definition) is 5. The first-order valence-corrected chi connectivity index (χ1v) is 12.2. The van der Waals surface area contributed by atoms with Crippen molar-refractivity contribution < 1.29 is 14.3 Å². The minimum absolute atomic E-state index is 0.159. The smallest absolute Gasteiger partial charge is 0.221 e. The predicted octanol–water partition coefficient (Wildman–Crippen LogP) is 4.21. The van der Waals surface area contributed by atoms with Gasteiger partial charge in [-0.25, -0.2) is 0 Å². The largest absolute Gasteiger partial charge is 0.495 e. The number of aromatic nitrogens is 2. The van der Waals surface area contributed by atoms with Crippen LogP contribution in [-0.4, -0.2) is 40.4 Å². The van der Waals surface area contributed by atoms with Crippen LogP contribution < -0.4 is 20.3 Å². The Morgan fingerprint density at radius 1 is 1.29 bits per heavy atom. The molecule has 1 aromatic carbocycles. The summed E-state index contributed by atoms with van der Waals surface area (Å²) in [5.41, 5.74) is 3.46. The Kier molecular flexibility index (Phi) is 6.70. The maximum atomic E-state index is 11.8. The number of rotatable bonds is 7. The van der Waals surface area contributed by atoms with Crippen molar-refractivity contribution >= 4 is 34.6 Å². The molecule has 0 radical (unpaired) electrons. The number of hydrogen-bond donors (Lipinski definition) is 2. The summed E-state index contributed by atoms with van der Waals surface area (Å²) in [6.07, 6.45) is 6.26. The van der Waals surface area contributed by atoms with E-state index in [1.54, 1.807) is 13.3 Å². The lowest BCUT2D eigenvalue weighted by molar-refractivity contribution is -0.114. The first kappa shape index (κ1) is 23.3. The van der Waals surface area contributed by atoms with E-state index in [0.29, 0.717) is 16.5 Å². The van der Waals surface area contributed by atoms with Crippen LogP contribution in [0, 0.1) is 0 Å². The van der Waals surface area contributed by atoms with Gasteiger partial charge in [-0.15, -0.1) is 0 Å². The van der Waals surface area contributed by atoms with Crippen molar-refractivity contribution in [1.29, 1.82) is 0 Å². The summed E-state index contributed by atoms with van der Waals surface area (Å²) in [4.78, 5) is 18.6. The topological polar surface area (TPSA) is 80.7 Å². The van der Waals surface area contributed by atoms with E-state index in [0.717, 1.165) is 43.1 Å². The average molecular weight is 492 g/mol. The normalized spacial score (nSPS) is 21.7. The number of thiocarbonyl (C=S) groups is 1. The Balaban J connectivity index is 1.58. The first-order valence-electron chi connectivity index (χ1n) is 11.8. The highest BCUT2D eigenvalue weighted by Crippen LogP contribution is 2.43. The van der Waals surface area contributed by atoms with E-state index in [9.17, 15) is 4.79 Å². The second-order valence-corrected chi connectivity index (χ2v) is 9.17. The number of anilines is 2. The molecule has 2 saturated heterocycles. The molecule has 2 aliphatic heterocycles. The third kappa shape index (κ3) is 4.74. The number of carbonyl (C=O) groups is 1. The molecule has 8 nitrogen and oxygen atoms in total. The minimum Gasteiger partial charge on any atom is -0.495 e. The van der Waals surface area contributed by atoms with E-state index in [4.69, 9.17) is 21.7 Å². The van der Waals surface area contributed by atoms with Crippen molar-refractivity contribution in [3.05, 3.63) is 72.3 Å². The summed E-state index contributed by atoms with van der Waals surface area (Å²) < 4.78 is 13.6. The van der Waals surface area contributed by atoms with Gasteiger partial charge in [-0.2, -0.15) is 0 Å². The minimum atomic E-state index is -0.170. The molecule has 2 aliphatic rings. The Bertz CT molecular complexity index is 1210. The zero-order valence-corrected chi connectivity index (χ0v) is 20.6. The average Bonchev–Trinajstić information content (AvgIpc) is 3.60. The van der Waals surface area contributed by atoms with Gasteiger partial charge in [0.1, 0.15) is 11.8 Å². The third-order valence-electron chi connectivity index (χ3n) is 6.46. The van der Waals surface area contributed by atoms with Crippen LogP contribution in [0.15, 0.2) is 60.9 Å². The van der Waals surface area contributed by atoms with E-state index >= 15 is 0 Å². The zero-order chi connectivity index (χ0) is 24.4. The van der Waals surface area contributed by atoms with Gasteiger partial charge in [-0.1, -0.05) is 6.07 Å². The number of amides is 1. The molecule has 35 heavy (non-hydrogen) atoms. The van der Waals surface area contributed by atoms with Gasteiger partial charge in [-0.05, 0) is 67.5 Å². The Hall–Kier alpha value is -3.43. The van der Waals surface area contributed by atoms with Crippen LogP contribution in [-0.2, 0) is 16.1 Å². The van der Waals surface area contributed by atoms with Crippen LogP contribution >= 0.6 is 12.2 Å². The second-order valence-electron chi connectivity index (χ2n) is 8.78. The summed E-state index contributed by atoms with van der Waals surface area (Å²) in [5, 5.41) is 6.96. The van der Waals surface area contributed by atoms with Crippen molar-refractivity contribution in [2.75, 3.05) is 23.9 Å². The van der Waals surface area contributed by atoms with Crippen molar-refractivity contribution in [2.24, 2.45) is 0 Å². The molecule has 0 unspecified atom stereocenters. The van der Waals surface area contributed by atoms with E-state index in [-0.39, 0.29) is 24.1 Å². The SMILES string of the molecule is COc1ccc(N2C(=S)N[C@H](c3ccccn3)[C@H]2c2cccn2C[C@@H]2CCCO2)cc1NC(C)=O. The molecule has 5 rings (SSSR count). The molecule has 3 aromatic rings. The van der Waals surface area contributed by atoms with E-state index < -0.39 is 0 Å². The van der Waals surface area contributed by atoms with Gasteiger partial charge in [0.25, 0.3) is 0 Å². The van der Waals surface area contributed by atoms with Crippen LogP contribution in [0.25, 0.3) is 0 Å². The molecule has 9 heteroatoms. The molecular formula is C26H29N5O3S. The second kappa shape index (κ2) is 10.1. The number of nitrogens with zero attached hydrogens (tertiary/aromatic N) is 3. The highest BCUT2D eigenvalue weighted by molar-refractivity contribution is 7.80. The quantitative estimate of drug-likeness (QED) is 0.480. The molecule has 0 bridgehead atoms. The fraction of sp³-hybridized carbons (Fsp3) is 0.346. The first-order chi connectivity index (χ1) is 17.0. The number of ether oxygens (including phenoxy) is 2. The highest BCUT2D eigenvalue weighted by atomic mass is 32.1. The molecule has 0 saturated carbocycles. The maximum Gasteiger partial charge on any atom is 0.221 e.